The molecule has 148 valence electrons. The van der Waals surface area contributed by atoms with E-state index in [1.807, 2.05) is 30.3 Å². The second kappa shape index (κ2) is 8.74. The van der Waals surface area contributed by atoms with Crippen molar-refractivity contribution in [3.05, 3.63) is 76.1 Å². The van der Waals surface area contributed by atoms with Crippen LogP contribution in [0.2, 0.25) is 0 Å². The number of carbonyl (C=O) groups is 1. The van der Waals surface area contributed by atoms with Gasteiger partial charge in [-0.05, 0) is 32.0 Å². The quantitative estimate of drug-likeness (QED) is 0.360. The lowest BCUT2D eigenvalue weighted by Gasteiger charge is -2.06. The maximum Gasteiger partial charge on any atom is 0.271 e. The highest BCUT2D eigenvalue weighted by atomic mass is 16.6. The normalized spacial score (nSPS) is 11.2. The number of hydrazone groups is 1. The Morgan fingerprint density at radius 1 is 1.21 bits per heavy atom. The fourth-order valence-electron chi connectivity index (χ4n) is 2.62. The van der Waals surface area contributed by atoms with Crippen LogP contribution >= 0.6 is 0 Å². The molecule has 0 aliphatic carbocycles. The van der Waals surface area contributed by atoms with Gasteiger partial charge in [-0.2, -0.15) is 5.10 Å². The predicted molar refractivity (Wildman–Crippen MR) is 108 cm³/mol. The first-order valence-electron chi connectivity index (χ1n) is 8.75. The van der Waals surface area contributed by atoms with Crippen LogP contribution < -0.4 is 10.7 Å². The number of anilines is 1. The molecular weight excluding hydrogens is 374 g/mol. The number of para-hydroxylation sites is 1. The van der Waals surface area contributed by atoms with Gasteiger partial charge in [-0.25, -0.2) is 10.1 Å². The molecule has 0 saturated heterocycles. The van der Waals surface area contributed by atoms with Crippen LogP contribution in [0.5, 0.6) is 0 Å². The number of nitrogens with zero attached hydrogens (tertiary/aromatic N) is 5. The van der Waals surface area contributed by atoms with E-state index in [1.54, 1.807) is 26.0 Å². The minimum atomic E-state index is -0.470. The van der Waals surface area contributed by atoms with Gasteiger partial charge >= 0.3 is 0 Å². The Morgan fingerprint density at radius 3 is 2.69 bits per heavy atom. The molecule has 2 aromatic carbocycles. The van der Waals surface area contributed by atoms with Crippen molar-refractivity contribution in [3.63, 3.8) is 0 Å². The van der Waals surface area contributed by atoms with E-state index in [4.69, 9.17) is 0 Å². The fourth-order valence-corrected chi connectivity index (χ4v) is 2.62. The Hall–Kier alpha value is -4.08. The highest BCUT2D eigenvalue weighted by Crippen LogP contribution is 2.18. The number of rotatable bonds is 7. The molecule has 0 unspecified atom stereocenters. The largest absolute Gasteiger partial charge is 0.376 e. The lowest BCUT2D eigenvalue weighted by Crippen LogP contribution is -2.26. The van der Waals surface area contributed by atoms with Crippen LogP contribution in [0.25, 0.3) is 5.69 Å². The molecule has 1 amide bonds. The van der Waals surface area contributed by atoms with E-state index in [1.165, 1.54) is 16.8 Å². The zero-order chi connectivity index (χ0) is 20.8. The third-order valence-corrected chi connectivity index (χ3v) is 4.10. The van der Waals surface area contributed by atoms with E-state index in [0.717, 1.165) is 5.69 Å². The van der Waals surface area contributed by atoms with E-state index in [-0.39, 0.29) is 18.1 Å². The topological polar surface area (TPSA) is 127 Å². The molecule has 10 nitrogen and oxygen atoms in total. The summed E-state index contributed by atoms with van der Waals surface area (Å²) in [7, 11) is 0. The van der Waals surface area contributed by atoms with Gasteiger partial charge in [0.2, 0.25) is 0 Å². The molecule has 0 atom stereocenters. The van der Waals surface area contributed by atoms with Gasteiger partial charge in [0.15, 0.2) is 0 Å². The molecule has 0 bridgehead atoms. The Kier molecular flexibility index (Phi) is 5.93. The summed E-state index contributed by atoms with van der Waals surface area (Å²) in [6.45, 7) is 3.53. The van der Waals surface area contributed by atoms with Crippen molar-refractivity contribution < 1.29 is 9.72 Å². The second-order valence-corrected chi connectivity index (χ2v) is 6.16. The van der Waals surface area contributed by atoms with Crippen LogP contribution in [0.4, 0.5) is 11.4 Å². The van der Waals surface area contributed by atoms with Crippen LogP contribution in [0.15, 0.2) is 59.7 Å². The van der Waals surface area contributed by atoms with E-state index in [0.29, 0.717) is 22.8 Å². The molecule has 0 aliphatic heterocycles. The molecule has 2 N–H and O–H groups in total. The van der Waals surface area contributed by atoms with Crippen molar-refractivity contribution >= 4 is 23.0 Å². The minimum absolute atomic E-state index is 0.0393. The lowest BCUT2D eigenvalue weighted by atomic mass is 10.2. The van der Waals surface area contributed by atoms with E-state index in [2.05, 4.69) is 26.2 Å². The number of hydrogen-bond acceptors (Lipinski definition) is 7. The molecule has 10 heteroatoms. The van der Waals surface area contributed by atoms with Crippen LogP contribution in [-0.2, 0) is 4.79 Å². The van der Waals surface area contributed by atoms with Crippen molar-refractivity contribution in [2.24, 2.45) is 5.10 Å². The summed E-state index contributed by atoms with van der Waals surface area (Å²) in [4.78, 5) is 22.5. The third-order valence-electron chi connectivity index (χ3n) is 4.10. The van der Waals surface area contributed by atoms with Crippen molar-refractivity contribution in [3.8, 4) is 5.69 Å². The Balaban J connectivity index is 1.68. The van der Waals surface area contributed by atoms with E-state index in [9.17, 15) is 14.9 Å². The van der Waals surface area contributed by atoms with Crippen molar-refractivity contribution in [1.82, 2.24) is 20.4 Å². The zero-order valence-corrected chi connectivity index (χ0v) is 15.9. The fraction of sp³-hybridized carbons (Fsp3) is 0.158. The molecule has 0 fully saturated rings. The predicted octanol–water partition coefficient (Wildman–Crippen LogP) is 2.44. The second-order valence-electron chi connectivity index (χ2n) is 6.16. The summed E-state index contributed by atoms with van der Waals surface area (Å²) in [5.74, 6) is -0.308. The van der Waals surface area contributed by atoms with Crippen molar-refractivity contribution in [2.75, 3.05) is 11.9 Å². The van der Waals surface area contributed by atoms with Crippen LogP contribution in [-0.4, -0.2) is 38.1 Å². The number of carbonyl (C=O) groups excluding carboxylic acids is 1. The first kappa shape index (κ1) is 19.7. The van der Waals surface area contributed by atoms with Gasteiger partial charge in [-0.3, -0.25) is 14.9 Å². The molecule has 0 spiro atoms. The Bertz CT molecular complexity index is 1060. The maximum atomic E-state index is 12.0. The summed E-state index contributed by atoms with van der Waals surface area (Å²) < 4.78 is 1.49. The highest BCUT2D eigenvalue weighted by Gasteiger charge is 2.15. The molecule has 29 heavy (non-hydrogen) atoms. The first-order chi connectivity index (χ1) is 14.0. The van der Waals surface area contributed by atoms with Crippen LogP contribution in [0.3, 0.4) is 0 Å². The van der Waals surface area contributed by atoms with Gasteiger partial charge in [0, 0.05) is 17.8 Å². The van der Waals surface area contributed by atoms with Crippen LogP contribution in [0.1, 0.15) is 18.3 Å². The molecule has 1 heterocycles. The number of nitro benzene ring substituents is 1. The van der Waals surface area contributed by atoms with E-state index >= 15 is 0 Å². The Morgan fingerprint density at radius 2 is 1.97 bits per heavy atom. The average molecular weight is 393 g/mol. The summed E-state index contributed by atoms with van der Waals surface area (Å²) in [6.07, 6.45) is 0. The van der Waals surface area contributed by atoms with Gasteiger partial charge in [0.05, 0.1) is 28.6 Å². The molecule has 0 radical (unpaired) electrons. The van der Waals surface area contributed by atoms with E-state index < -0.39 is 4.92 Å². The van der Waals surface area contributed by atoms with Crippen LogP contribution in [0, 0.1) is 17.0 Å². The lowest BCUT2D eigenvalue weighted by molar-refractivity contribution is -0.384. The number of non-ortho nitro benzene ring substituents is 1. The number of benzene rings is 2. The van der Waals surface area contributed by atoms with Crippen molar-refractivity contribution in [2.45, 2.75) is 13.8 Å². The average Bonchev–Trinajstić information content (AvgIpc) is 3.12. The molecule has 3 aromatic rings. The summed E-state index contributed by atoms with van der Waals surface area (Å²) >= 11 is 0. The number of hydrogen-bond donors (Lipinski definition) is 2. The third kappa shape index (κ3) is 4.80. The van der Waals surface area contributed by atoms with Crippen molar-refractivity contribution in [1.29, 1.82) is 0 Å². The standard InChI is InChI=1S/C19H19N7O3/c1-13(21-22-18(27)12-20-15-7-4-3-5-8-15)19-14(2)25(24-23-19)16-9-6-10-17(11-16)26(28)29/h3-11,20H,12H2,1-2H3,(H,22,27). The molecule has 0 saturated carbocycles. The molecule has 1 aromatic heterocycles. The minimum Gasteiger partial charge on any atom is -0.376 e. The number of nitrogens with one attached hydrogen (secondary N) is 2. The molecule has 0 aliphatic rings. The summed E-state index contributed by atoms with van der Waals surface area (Å²) in [5.41, 5.74) is 5.36. The summed E-state index contributed by atoms with van der Waals surface area (Å²) in [6, 6.07) is 15.4. The number of nitro groups is 1. The van der Waals surface area contributed by atoms with Gasteiger partial charge in [-0.1, -0.05) is 29.5 Å². The monoisotopic (exact) mass is 393 g/mol. The number of amides is 1. The highest BCUT2D eigenvalue weighted by molar-refractivity contribution is 5.98. The summed E-state index contributed by atoms with van der Waals surface area (Å²) in [5, 5.41) is 26.2. The van der Waals surface area contributed by atoms with Gasteiger partial charge in [0.1, 0.15) is 5.69 Å². The number of aromatic nitrogens is 3. The SMILES string of the molecule is CC(=NNC(=O)CNc1ccccc1)c1nnn(-c2cccc([N+](=O)[O-])c2)c1C. The molecular formula is C19H19N7O3. The smallest absolute Gasteiger partial charge is 0.271 e. The first-order valence-corrected chi connectivity index (χ1v) is 8.75. The van der Waals surface area contributed by atoms with Gasteiger partial charge in [-0.15, -0.1) is 5.10 Å². The molecule has 3 rings (SSSR count). The van der Waals surface area contributed by atoms with Gasteiger partial charge in [0.25, 0.3) is 11.6 Å². The zero-order valence-electron chi connectivity index (χ0n) is 15.9. The maximum absolute atomic E-state index is 12.0. The van der Waals surface area contributed by atoms with Gasteiger partial charge < -0.3 is 5.32 Å². The Labute approximate surface area is 166 Å².